The molecule has 1 fully saturated rings. The van der Waals surface area contributed by atoms with E-state index in [1.165, 1.54) is 0 Å². The zero-order chi connectivity index (χ0) is 14.3. The Labute approximate surface area is 112 Å². The largest absolute Gasteiger partial charge is 0.393 e. The first kappa shape index (κ1) is 15.9. The molecule has 0 aromatic heterocycles. The minimum atomic E-state index is -1.35. The Bertz CT molecular complexity index is 338. The van der Waals surface area contributed by atoms with Crippen LogP contribution < -0.4 is 0 Å². The predicted octanol–water partition coefficient (Wildman–Crippen LogP) is 0.398. The van der Waals surface area contributed by atoms with Crippen LogP contribution >= 0.6 is 0 Å². The summed E-state index contributed by atoms with van der Waals surface area (Å²) in [5.41, 5.74) is 0. The lowest BCUT2D eigenvalue weighted by molar-refractivity contribution is -0.200. The van der Waals surface area contributed by atoms with Gasteiger partial charge >= 0.3 is 0 Å². The van der Waals surface area contributed by atoms with E-state index in [-0.39, 0.29) is 0 Å². The zero-order valence-corrected chi connectivity index (χ0v) is 11.1. The molecule has 6 nitrogen and oxygen atoms in total. The van der Waals surface area contributed by atoms with Crippen molar-refractivity contribution in [3.63, 3.8) is 0 Å². The summed E-state index contributed by atoms with van der Waals surface area (Å²) in [5.74, 6) is -3.14. The highest BCUT2D eigenvalue weighted by Gasteiger charge is 2.43. The number of rotatable bonds is 8. The van der Waals surface area contributed by atoms with E-state index in [1.54, 1.807) is 0 Å². The SMILES string of the molecule is CCCCCCCO[C@@H]1O[C@H](CO)C(=O)C(=O)C1=O. The highest BCUT2D eigenvalue weighted by atomic mass is 16.7. The third-order valence-corrected chi connectivity index (χ3v) is 2.92. The highest BCUT2D eigenvalue weighted by molar-refractivity contribution is 6.66. The minimum absolute atomic E-state index is 0.291. The number of unbranched alkanes of at least 4 members (excludes halogenated alkanes) is 4. The summed E-state index contributed by atoms with van der Waals surface area (Å²) < 4.78 is 10.1. The normalized spacial score (nSPS) is 24.0. The van der Waals surface area contributed by atoms with Gasteiger partial charge in [-0.05, 0) is 6.42 Å². The second kappa shape index (κ2) is 8.14. The average molecular weight is 272 g/mol. The van der Waals surface area contributed by atoms with Gasteiger partial charge in [-0.3, -0.25) is 14.4 Å². The van der Waals surface area contributed by atoms with Crippen molar-refractivity contribution >= 4 is 17.3 Å². The number of aliphatic hydroxyl groups excluding tert-OH is 1. The molecule has 0 aromatic rings. The molecule has 108 valence electrons. The number of aliphatic hydroxyl groups is 1. The molecule has 1 N–H and O–H groups in total. The number of ether oxygens (including phenoxy) is 2. The lowest BCUT2D eigenvalue weighted by Crippen LogP contribution is -2.51. The molecule has 6 heteroatoms. The van der Waals surface area contributed by atoms with E-state index >= 15 is 0 Å². The van der Waals surface area contributed by atoms with Crippen LogP contribution in [0.5, 0.6) is 0 Å². The van der Waals surface area contributed by atoms with Crippen molar-refractivity contribution in [1.29, 1.82) is 0 Å². The van der Waals surface area contributed by atoms with Gasteiger partial charge in [0.2, 0.25) is 12.1 Å². The van der Waals surface area contributed by atoms with Crippen LogP contribution in [0, 0.1) is 0 Å². The van der Waals surface area contributed by atoms with E-state index in [1.807, 2.05) is 0 Å². The number of Topliss-reactive ketones (excluding diaryl/α,β-unsaturated/α-hetero) is 3. The molecule has 0 saturated carbocycles. The lowest BCUT2D eigenvalue weighted by Gasteiger charge is -2.25. The Morgan fingerprint density at radius 3 is 2.42 bits per heavy atom. The molecular weight excluding hydrogens is 252 g/mol. The number of hydrogen-bond acceptors (Lipinski definition) is 6. The molecule has 0 aliphatic carbocycles. The van der Waals surface area contributed by atoms with Crippen LogP contribution in [-0.2, 0) is 23.9 Å². The Balaban J connectivity index is 2.34. The van der Waals surface area contributed by atoms with Gasteiger partial charge in [0, 0.05) is 0 Å². The highest BCUT2D eigenvalue weighted by Crippen LogP contribution is 2.13. The summed E-state index contributed by atoms with van der Waals surface area (Å²) in [6.07, 6.45) is 2.49. The van der Waals surface area contributed by atoms with E-state index in [2.05, 4.69) is 6.92 Å². The van der Waals surface area contributed by atoms with E-state index in [4.69, 9.17) is 14.6 Å². The van der Waals surface area contributed by atoms with Crippen molar-refractivity contribution in [1.82, 2.24) is 0 Å². The first-order valence-electron chi connectivity index (χ1n) is 6.62. The molecule has 0 bridgehead atoms. The maximum Gasteiger partial charge on any atom is 0.272 e. The van der Waals surface area contributed by atoms with Crippen molar-refractivity contribution in [2.75, 3.05) is 13.2 Å². The molecular formula is C13H20O6. The van der Waals surface area contributed by atoms with Crippen LogP contribution in [0.3, 0.4) is 0 Å². The molecule has 19 heavy (non-hydrogen) atoms. The van der Waals surface area contributed by atoms with Gasteiger partial charge in [-0.25, -0.2) is 0 Å². The second-order valence-corrected chi connectivity index (χ2v) is 4.48. The first-order valence-corrected chi connectivity index (χ1v) is 6.62. The number of carbonyl (C=O) groups is 3. The molecule has 1 aliphatic rings. The van der Waals surface area contributed by atoms with Gasteiger partial charge < -0.3 is 14.6 Å². The van der Waals surface area contributed by atoms with E-state index in [0.29, 0.717) is 6.61 Å². The number of carbonyl (C=O) groups excluding carboxylic acids is 3. The molecule has 0 aromatic carbocycles. The second-order valence-electron chi connectivity index (χ2n) is 4.48. The summed E-state index contributed by atoms with van der Waals surface area (Å²) in [5, 5.41) is 8.89. The lowest BCUT2D eigenvalue weighted by atomic mass is 10.0. The minimum Gasteiger partial charge on any atom is -0.393 e. The quantitative estimate of drug-likeness (QED) is 0.508. The molecule has 1 heterocycles. The Morgan fingerprint density at radius 1 is 1.11 bits per heavy atom. The summed E-state index contributed by atoms with van der Waals surface area (Å²) in [4.78, 5) is 34.0. The van der Waals surface area contributed by atoms with Crippen molar-refractivity contribution < 1.29 is 29.0 Å². The number of hydrogen-bond donors (Lipinski definition) is 1. The van der Waals surface area contributed by atoms with Crippen LogP contribution in [0.1, 0.15) is 39.0 Å². The van der Waals surface area contributed by atoms with Gasteiger partial charge in [-0.1, -0.05) is 32.6 Å². The van der Waals surface area contributed by atoms with Gasteiger partial charge in [0.25, 0.3) is 11.6 Å². The smallest absolute Gasteiger partial charge is 0.272 e. The number of ketones is 3. The van der Waals surface area contributed by atoms with Crippen molar-refractivity contribution in [2.45, 2.75) is 51.4 Å². The van der Waals surface area contributed by atoms with Gasteiger partial charge in [-0.2, -0.15) is 0 Å². The van der Waals surface area contributed by atoms with Crippen molar-refractivity contribution in [2.24, 2.45) is 0 Å². The Hall–Kier alpha value is -1.11. The molecule has 0 spiro atoms. The Morgan fingerprint density at radius 2 is 1.79 bits per heavy atom. The average Bonchev–Trinajstić information content (AvgIpc) is 2.42. The Kier molecular flexibility index (Phi) is 6.83. The molecule has 0 unspecified atom stereocenters. The predicted molar refractivity (Wildman–Crippen MR) is 65.5 cm³/mol. The molecule has 1 rings (SSSR count). The van der Waals surface area contributed by atoms with Gasteiger partial charge in [0.15, 0.2) is 6.10 Å². The van der Waals surface area contributed by atoms with Gasteiger partial charge in [0.1, 0.15) is 0 Å². The van der Waals surface area contributed by atoms with Crippen molar-refractivity contribution in [3.05, 3.63) is 0 Å². The van der Waals surface area contributed by atoms with E-state index < -0.39 is 36.4 Å². The van der Waals surface area contributed by atoms with Gasteiger partial charge in [-0.15, -0.1) is 0 Å². The van der Waals surface area contributed by atoms with Crippen LogP contribution in [-0.4, -0.2) is 48.1 Å². The topological polar surface area (TPSA) is 89.9 Å². The van der Waals surface area contributed by atoms with Crippen molar-refractivity contribution in [3.8, 4) is 0 Å². The molecule has 1 saturated heterocycles. The monoisotopic (exact) mass is 272 g/mol. The fourth-order valence-corrected chi connectivity index (χ4v) is 1.78. The first-order chi connectivity index (χ1) is 9.11. The van der Waals surface area contributed by atoms with E-state index in [9.17, 15) is 14.4 Å². The summed E-state index contributed by atoms with van der Waals surface area (Å²) in [6.45, 7) is 1.77. The fourth-order valence-electron chi connectivity index (χ4n) is 1.78. The summed E-state index contributed by atoms with van der Waals surface area (Å²) in [7, 11) is 0. The molecule has 0 radical (unpaired) electrons. The maximum absolute atomic E-state index is 11.5. The standard InChI is InChI=1S/C13H20O6/c1-2-3-4-5-6-7-18-13-12(17)11(16)10(15)9(8-14)19-13/h9,13-14H,2-8H2,1H3/t9-,13-/m1/s1. The van der Waals surface area contributed by atoms with Crippen LogP contribution in [0.4, 0.5) is 0 Å². The van der Waals surface area contributed by atoms with E-state index in [0.717, 1.165) is 32.1 Å². The van der Waals surface area contributed by atoms with Gasteiger partial charge in [0.05, 0.1) is 13.2 Å². The van der Waals surface area contributed by atoms with Crippen LogP contribution in [0.15, 0.2) is 0 Å². The summed E-state index contributed by atoms with van der Waals surface area (Å²) in [6, 6.07) is 0. The maximum atomic E-state index is 11.5. The third kappa shape index (κ3) is 4.49. The fraction of sp³-hybridized carbons (Fsp3) is 0.769. The van der Waals surface area contributed by atoms with Crippen LogP contribution in [0.2, 0.25) is 0 Å². The molecule has 1 aliphatic heterocycles. The van der Waals surface area contributed by atoms with Crippen LogP contribution in [0.25, 0.3) is 0 Å². The zero-order valence-electron chi connectivity index (χ0n) is 11.1. The molecule has 0 amide bonds. The molecule has 2 atom stereocenters. The summed E-state index contributed by atoms with van der Waals surface area (Å²) >= 11 is 0. The third-order valence-electron chi connectivity index (χ3n) is 2.92.